The molecule has 0 rings (SSSR count). The first-order valence-electron chi connectivity index (χ1n) is 21.1. The number of rotatable bonds is 25. The van der Waals surface area contributed by atoms with Gasteiger partial charge in [0.2, 0.25) is 8.32 Å². The molecule has 0 heterocycles. The van der Waals surface area contributed by atoms with Crippen molar-refractivity contribution in [1.82, 2.24) is 0 Å². The molecule has 0 radical (unpaired) electrons. The summed E-state index contributed by atoms with van der Waals surface area (Å²) >= 11 is -1.74. The van der Waals surface area contributed by atoms with Crippen molar-refractivity contribution in [2.75, 3.05) is 13.2 Å². The van der Waals surface area contributed by atoms with Crippen LogP contribution in [0.15, 0.2) is 20.3 Å². The molecule has 0 aliphatic heterocycles. The summed E-state index contributed by atoms with van der Waals surface area (Å²) in [6, 6.07) is 0. The molecule has 0 amide bonds. The maximum absolute atomic E-state index is 6.70. The van der Waals surface area contributed by atoms with E-state index in [2.05, 4.69) is 159 Å². The van der Waals surface area contributed by atoms with E-state index in [1.165, 1.54) is 69.1 Å². The van der Waals surface area contributed by atoms with Gasteiger partial charge in [-0.25, -0.2) is 0 Å². The zero-order valence-electron chi connectivity index (χ0n) is 38.7. The third kappa shape index (κ3) is 26.4. The molecule has 0 fully saturated rings. The molecule has 0 aliphatic carbocycles. The topological polar surface area (TPSA) is 18.5 Å². The molecule has 0 aromatic heterocycles. The smallest absolute Gasteiger partial charge is 0.153 e. The number of unbranched alkanes of at least 4 members (excludes halogenated alkanes) is 4. The van der Waals surface area contributed by atoms with Crippen LogP contribution in [0, 0.1) is 0 Å². The third-order valence-corrected chi connectivity index (χ3v) is 45.9. The van der Waals surface area contributed by atoms with E-state index in [4.69, 9.17) is 17.8 Å². The van der Waals surface area contributed by atoms with Gasteiger partial charge in [-0.2, -0.15) is 19.8 Å². The molecular formula is C42H98ClIO2P2Si2Sn2. The monoisotopic (exact) mass is 1150 g/mol. The van der Waals surface area contributed by atoms with E-state index in [9.17, 15) is 0 Å². The van der Waals surface area contributed by atoms with Crippen LogP contribution in [0.25, 0.3) is 0 Å². The molecule has 0 aromatic carbocycles. The molecule has 2 atom stereocenters. The van der Waals surface area contributed by atoms with E-state index in [0.717, 1.165) is 13.2 Å². The van der Waals surface area contributed by atoms with Gasteiger partial charge in [0, 0.05) is 0 Å². The van der Waals surface area contributed by atoms with Gasteiger partial charge in [-0.3, -0.25) is 0 Å². The zero-order chi connectivity index (χ0) is 39.6. The molecule has 0 N–H and O–H groups in total. The first-order valence-corrected chi connectivity index (χ1v) is 45.6. The summed E-state index contributed by atoms with van der Waals surface area (Å²) in [4.78, 5) is 5.02. The predicted octanol–water partition coefficient (Wildman–Crippen LogP) is 17.6. The molecule has 0 saturated heterocycles. The molecule has 10 heteroatoms. The average molecular weight is 1150 g/mol. The molecule has 52 heavy (non-hydrogen) atoms. The third-order valence-electron chi connectivity index (χ3n) is 11.2. The Balaban J connectivity index is -0.000000226. The van der Waals surface area contributed by atoms with Gasteiger partial charge < -0.3 is 4.43 Å². The van der Waals surface area contributed by atoms with E-state index in [1.54, 1.807) is 0 Å². The van der Waals surface area contributed by atoms with Crippen molar-refractivity contribution in [1.29, 1.82) is 0 Å². The van der Waals surface area contributed by atoms with Gasteiger partial charge in [-0.05, 0) is 20.7 Å². The summed E-state index contributed by atoms with van der Waals surface area (Å²) in [5, 5.41) is 0. The van der Waals surface area contributed by atoms with Gasteiger partial charge >= 0.3 is 239 Å². The Hall–Kier alpha value is 3.31. The van der Waals surface area contributed by atoms with E-state index in [0.29, 0.717) is 33.2 Å². The van der Waals surface area contributed by atoms with Crippen LogP contribution < -0.4 is 0 Å². The summed E-state index contributed by atoms with van der Waals surface area (Å²) in [5.74, 6) is 0. The summed E-state index contributed by atoms with van der Waals surface area (Å²) in [5.41, 5.74) is 4.09. The Morgan fingerprint density at radius 1 is 0.519 bits per heavy atom. The maximum Gasteiger partial charge on any atom is -0.153 e. The van der Waals surface area contributed by atoms with Crippen molar-refractivity contribution in [2.45, 2.75) is 223 Å². The van der Waals surface area contributed by atoms with Crippen LogP contribution in [0.3, 0.4) is 0 Å². The van der Waals surface area contributed by atoms with Crippen molar-refractivity contribution in [2.24, 2.45) is 0 Å². The van der Waals surface area contributed by atoms with Crippen molar-refractivity contribution >= 4 is 104 Å². The number of hydrogen-bond acceptors (Lipinski definition) is 2. The van der Waals surface area contributed by atoms with Crippen molar-refractivity contribution in [3.8, 4) is 0 Å². The second-order valence-electron chi connectivity index (χ2n) is 17.5. The van der Waals surface area contributed by atoms with E-state index in [1.807, 2.05) is 4.08 Å². The van der Waals surface area contributed by atoms with Crippen LogP contribution in [0.2, 0.25) is 60.9 Å². The second kappa shape index (κ2) is 36.2. The molecular weight excluding hydrogens is 1050 g/mol. The summed E-state index contributed by atoms with van der Waals surface area (Å²) in [6.07, 6.45) is 15.4. The quantitative estimate of drug-likeness (QED) is 0.0515. The van der Waals surface area contributed by atoms with E-state index in [-0.39, 0.29) is 19.8 Å². The van der Waals surface area contributed by atoms with Gasteiger partial charge in [-0.15, -0.1) is 0 Å². The SMILES string of the molecule is CC(C)[Si](OC/C=C/I)(C(C)C)C(C)C.CCC[CH2][Sn]([CH3])(/[CH]=C/CO[Si](C(C)C)(C(C)C)C(C)C)[CH2]CCC.CCC[CH2][Sn]([CH3])([Cl])[CH2]CCC.P.P. The molecule has 2 nitrogen and oxygen atoms in total. The minimum absolute atomic E-state index is 0. The molecule has 0 spiro atoms. The maximum atomic E-state index is 6.70. The average Bonchev–Trinajstić information content (AvgIpc) is 3.02. The molecule has 0 bridgehead atoms. The predicted molar refractivity (Wildman–Crippen MR) is 276 cm³/mol. The fourth-order valence-electron chi connectivity index (χ4n) is 8.42. The van der Waals surface area contributed by atoms with Gasteiger partial charge in [0.25, 0.3) is 0 Å². The molecule has 0 aliphatic rings. The second-order valence-corrected chi connectivity index (χ2v) is 59.4. The van der Waals surface area contributed by atoms with E-state index >= 15 is 0 Å². The Kier molecular flexibility index (Phi) is 44.9. The van der Waals surface area contributed by atoms with E-state index < -0.39 is 52.3 Å². The van der Waals surface area contributed by atoms with Gasteiger partial charge in [0.05, 0.1) is 6.61 Å². The fourth-order valence-corrected chi connectivity index (χ4v) is 38.3. The Bertz CT molecular complexity index is 798. The van der Waals surface area contributed by atoms with Crippen LogP contribution >= 0.6 is 51.3 Å². The normalized spacial score (nSPS) is 12.9. The standard InChI is InChI=1S/C12H25IOSi.C12H25OSi.4C4H9.2CH3.ClH.2H3P.2Sn/c1-10(2)15(11(3)4,12(5)6)14-9-7-8-13;1-8-9-13-14(10(2)3,11(4)5)12(6)7;4*1-3-4-2;;;;;;;/h7-8,10-12H,9H2,1-6H3;1,8,10-12H,9H2,2-7H3;4*1,3-4H2,2H3;2*1H3;1H;2*1H3;;/q;;;;;;;;;;;;+1/p-1/b8-7+;;;;;;;;;;;;. The zero-order valence-corrected chi connectivity index (χ0v) is 52.1. The van der Waals surface area contributed by atoms with Crippen molar-refractivity contribution < 1.29 is 8.85 Å². The van der Waals surface area contributed by atoms with Crippen LogP contribution in [-0.2, 0) is 8.85 Å². The first-order chi connectivity index (χ1) is 23.2. The summed E-state index contributed by atoms with van der Waals surface area (Å²) in [7, 11) is 3.18. The fraction of sp³-hybridized carbons (Fsp3) is 0.905. The van der Waals surface area contributed by atoms with Gasteiger partial charge in [0.15, 0.2) is 0 Å². The minimum Gasteiger partial charge on any atom is -0.153 e. The molecule has 0 aromatic rings. The Morgan fingerprint density at radius 3 is 1.04 bits per heavy atom. The summed E-state index contributed by atoms with van der Waals surface area (Å²) < 4.78 is 23.5. The van der Waals surface area contributed by atoms with Crippen LogP contribution in [0.1, 0.15) is 162 Å². The summed E-state index contributed by atoms with van der Waals surface area (Å²) in [6.45, 7) is 39.0. The van der Waals surface area contributed by atoms with Gasteiger partial charge in [0.1, 0.15) is 0 Å². The molecule has 318 valence electrons. The van der Waals surface area contributed by atoms with Crippen LogP contribution in [0.5, 0.6) is 0 Å². The number of hydrogen-bond donors (Lipinski definition) is 0. The van der Waals surface area contributed by atoms with Crippen LogP contribution in [0.4, 0.5) is 0 Å². The Morgan fingerprint density at radius 2 is 0.788 bits per heavy atom. The molecule has 0 saturated carbocycles. The largest absolute Gasteiger partial charge is 0.153 e. The molecule has 2 unspecified atom stereocenters. The minimum atomic E-state index is -2.02. The van der Waals surface area contributed by atoms with Gasteiger partial charge in [-0.1, -0.05) is 70.2 Å². The Labute approximate surface area is 365 Å². The number of halogens is 2. The van der Waals surface area contributed by atoms with Crippen molar-refractivity contribution in [3.05, 3.63) is 20.3 Å². The van der Waals surface area contributed by atoms with Crippen LogP contribution in [-0.4, -0.2) is 65.5 Å². The van der Waals surface area contributed by atoms with Crippen molar-refractivity contribution in [3.63, 3.8) is 0 Å². The first kappa shape index (κ1) is 64.5.